The van der Waals surface area contributed by atoms with Crippen LogP contribution in [0.2, 0.25) is 0 Å². The van der Waals surface area contributed by atoms with Crippen LogP contribution in [0.5, 0.6) is 0 Å². The highest BCUT2D eigenvalue weighted by Gasteiger charge is 2.14. The smallest absolute Gasteiger partial charge is 0.458 e. The Balaban J connectivity index is 0.000000677. The summed E-state index contributed by atoms with van der Waals surface area (Å²) in [7, 11) is 0. The Hall–Kier alpha value is -2.30. The fraction of sp³-hybridized carbons (Fsp3) is 0.375. The Labute approximate surface area is 123 Å². The standard InChI is InChI=1S/C13H12O5.C3H8/c1-9(14)16-8-12-11(17-13(15)18-12)7-10-5-3-2-4-6-10;1-3-2/h2-6H,7-8H2,1H3;3H2,1-2H3. The molecule has 0 aliphatic rings. The highest BCUT2D eigenvalue weighted by atomic mass is 16.6. The minimum Gasteiger partial charge on any atom is -0.458 e. The number of esters is 1. The molecule has 1 heterocycles. The zero-order chi connectivity index (χ0) is 15.7. The fourth-order valence-corrected chi connectivity index (χ4v) is 1.53. The molecule has 0 fully saturated rings. The molecule has 2 rings (SSSR count). The van der Waals surface area contributed by atoms with Crippen molar-refractivity contribution in [2.24, 2.45) is 0 Å². The van der Waals surface area contributed by atoms with Gasteiger partial charge in [0.2, 0.25) is 0 Å². The normalized spacial score (nSPS) is 9.67. The van der Waals surface area contributed by atoms with Gasteiger partial charge in [-0.25, -0.2) is 4.79 Å². The van der Waals surface area contributed by atoms with E-state index in [2.05, 4.69) is 13.8 Å². The van der Waals surface area contributed by atoms with E-state index in [1.54, 1.807) is 0 Å². The van der Waals surface area contributed by atoms with Gasteiger partial charge in [0.05, 0.1) is 0 Å². The van der Waals surface area contributed by atoms with Crippen LogP contribution in [0.3, 0.4) is 0 Å². The first-order chi connectivity index (χ1) is 10.1. The number of benzene rings is 1. The molecule has 0 spiro atoms. The van der Waals surface area contributed by atoms with Crippen LogP contribution in [0.4, 0.5) is 0 Å². The molecule has 5 heteroatoms. The fourth-order valence-electron chi connectivity index (χ4n) is 1.53. The lowest BCUT2D eigenvalue weighted by atomic mass is 10.1. The van der Waals surface area contributed by atoms with Crippen LogP contribution in [0.25, 0.3) is 0 Å². The van der Waals surface area contributed by atoms with E-state index in [4.69, 9.17) is 13.6 Å². The number of ether oxygens (including phenoxy) is 1. The number of rotatable bonds is 4. The minimum absolute atomic E-state index is 0.0940. The van der Waals surface area contributed by atoms with Crippen LogP contribution in [0.1, 0.15) is 44.3 Å². The van der Waals surface area contributed by atoms with Crippen molar-refractivity contribution in [1.29, 1.82) is 0 Å². The Bertz CT molecular complexity index is 595. The first kappa shape index (κ1) is 16.8. The molecule has 1 aromatic heterocycles. The van der Waals surface area contributed by atoms with Crippen molar-refractivity contribution in [2.45, 2.75) is 40.2 Å². The number of carbonyl (C=O) groups is 1. The molecule has 0 bridgehead atoms. The first-order valence-electron chi connectivity index (χ1n) is 6.85. The Morgan fingerprint density at radius 1 is 1.10 bits per heavy atom. The molecule has 2 aromatic rings. The third-order valence-electron chi connectivity index (χ3n) is 2.34. The van der Waals surface area contributed by atoms with Gasteiger partial charge in [0.15, 0.2) is 18.1 Å². The predicted molar refractivity (Wildman–Crippen MR) is 77.9 cm³/mol. The van der Waals surface area contributed by atoms with E-state index in [0.717, 1.165) is 5.56 Å². The minimum atomic E-state index is -0.789. The van der Waals surface area contributed by atoms with Gasteiger partial charge >= 0.3 is 11.8 Å². The largest absolute Gasteiger partial charge is 0.519 e. The molecule has 0 unspecified atom stereocenters. The molecular formula is C16H20O5. The van der Waals surface area contributed by atoms with Gasteiger partial charge in [0.1, 0.15) is 0 Å². The molecule has 5 nitrogen and oxygen atoms in total. The Morgan fingerprint density at radius 2 is 1.67 bits per heavy atom. The maximum Gasteiger partial charge on any atom is 0.519 e. The van der Waals surface area contributed by atoms with E-state index in [-0.39, 0.29) is 12.4 Å². The monoisotopic (exact) mass is 292 g/mol. The summed E-state index contributed by atoms with van der Waals surface area (Å²) in [6, 6.07) is 9.48. The highest BCUT2D eigenvalue weighted by molar-refractivity contribution is 5.65. The Morgan fingerprint density at radius 3 is 2.24 bits per heavy atom. The van der Waals surface area contributed by atoms with Crippen molar-refractivity contribution < 1.29 is 18.4 Å². The summed E-state index contributed by atoms with van der Waals surface area (Å²) in [4.78, 5) is 21.8. The molecule has 0 saturated carbocycles. The number of hydrogen-bond donors (Lipinski definition) is 0. The predicted octanol–water partition coefficient (Wildman–Crippen LogP) is 3.30. The lowest BCUT2D eigenvalue weighted by Gasteiger charge is -2.00. The van der Waals surface area contributed by atoms with Crippen LogP contribution >= 0.6 is 0 Å². The van der Waals surface area contributed by atoms with Gasteiger partial charge in [-0.3, -0.25) is 4.79 Å². The lowest BCUT2D eigenvalue weighted by Crippen LogP contribution is -2.00. The molecular weight excluding hydrogens is 272 g/mol. The van der Waals surface area contributed by atoms with Crippen molar-refractivity contribution in [3.8, 4) is 0 Å². The van der Waals surface area contributed by atoms with Crippen LogP contribution in [0.15, 0.2) is 44.0 Å². The van der Waals surface area contributed by atoms with E-state index in [1.807, 2.05) is 30.3 Å². The van der Waals surface area contributed by atoms with Gasteiger partial charge in [-0.15, -0.1) is 0 Å². The average Bonchev–Trinajstić information content (AvgIpc) is 2.78. The van der Waals surface area contributed by atoms with Gasteiger partial charge < -0.3 is 13.6 Å². The molecule has 114 valence electrons. The molecule has 0 N–H and O–H groups in total. The third kappa shape index (κ3) is 6.12. The van der Waals surface area contributed by atoms with Crippen molar-refractivity contribution in [3.05, 3.63) is 58.0 Å². The van der Waals surface area contributed by atoms with Gasteiger partial charge in [0.25, 0.3) is 0 Å². The molecule has 0 aliphatic carbocycles. The first-order valence-corrected chi connectivity index (χ1v) is 6.85. The number of carbonyl (C=O) groups excluding carboxylic acids is 1. The lowest BCUT2D eigenvalue weighted by molar-refractivity contribution is -0.142. The van der Waals surface area contributed by atoms with Crippen LogP contribution in [-0.4, -0.2) is 5.97 Å². The van der Waals surface area contributed by atoms with Crippen LogP contribution < -0.4 is 5.82 Å². The Kier molecular flexibility index (Phi) is 7.01. The summed E-state index contributed by atoms with van der Waals surface area (Å²) >= 11 is 0. The van der Waals surface area contributed by atoms with Crippen molar-refractivity contribution in [1.82, 2.24) is 0 Å². The van der Waals surface area contributed by atoms with Gasteiger partial charge in [0, 0.05) is 13.3 Å². The van der Waals surface area contributed by atoms with E-state index >= 15 is 0 Å². The van der Waals surface area contributed by atoms with E-state index in [0.29, 0.717) is 12.2 Å². The van der Waals surface area contributed by atoms with Crippen molar-refractivity contribution in [3.63, 3.8) is 0 Å². The zero-order valence-electron chi connectivity index (χ0n) is 12.5. The maximum atomic E-state index is 11.1. The number of hydrogen-bond acceptors (Lipinski definition) is 5. The summed E-state index contributed by atoms with van der Waals surface area (Å²) in [6.45, 7) is 5.44. The highest BCUT2D eigenvalue weighted by Crippen LogP contribution is 2.14. The third-order valence-corrected chi connectivity index (χ3v) is 2.34. The molecule has 21 heavy (non-hydrogen) atoms. The van der Waals surface area contributed by atoms with E-state index in [1.165, 1.54) is 13.3 Å². The van der Waals surface area contributed by atoms with Crippen molar-refractivity contribution >= 4 is 5.97 Å². The maximum absolute atomic E-state index is 11.1. The second kappa shape index (κ2) is 8.79. The summed E-state index contributed by atoms with van der Waals surface area (Å²) in [5.74, 6) is -0.598. The molecule has 0 amide bonds. The summed E-state index contributed by atoms with van der Waals surface area (Å²) in [5, 5.41) is 0. The second-order valence-electron chi connectivity index (χ2n) is 4.45. The molecule has 1 aromatic carbocycles. The summed E-state index contributed by atoms with van der Waals surface area (Å²) < 4.78 is 14.6. The SMILES string of the molecule is CC(=O)OCc1oc(=O)oc1Cc1ccccc1.CCC. The van der Waals surface area contributed by atoms with E-state index in [9.17, 15) is 9.59 Å². The van der Waals surface area contributed by atoms with Gasteiger partial charge in [-0.2, -0.15) is 0 Å². The van der Waals surface area contributed by atoms with Gasteiger partial charge in [-0.1, -0.05) is 50.6 Å². The average molecular weight is 292 g/mol. The van der Waals surface area contributed by atoms with Crippen molar-refractivity contribution in [2.75, 3.05) is 0 Å². The van der Waals surface area contributed by atoms with Crippen LogP contribution in [-0.2, 0) is 22.6 Å². The quantitative estimate of drug-likeness (QED) is 0.809. The van der Waals surface area contributed by atoms with E-state index < -0.39 is 11.8 Å². The second-order valence-corrected chi connectivity index (χ2v) is 4.45. The molecule has 0 atom stereocenters. The summed E-state index contributed by atoms with van der Waals surface area (Å²) in [5.41, 5.74) is 0.978. The van der Waals surface area contributed by atoms with Gasteiger partial charge in [-0.05, 0) is 5.56 Å². The van der Waals surface area contributed by atoms with Crippen LogP contribution in [0, 0.1) is 0 Å². The molecule has 0 radical (unpaired) electrons. The molecule has 0 aliphatic heterocycles. The zero-order valence-corrected chi connectivity index (χ0v) is 12.5. The molecule has 0 saturated heterocycles. The summed E-state index contributed by atoms with van der Waals surface area (Å²) in [6.07, 6.45) is 1.67. The topological polar surface area (TPSA) is 69.7 Å².